The quantitative estimate of drug-likeness (QED) is 0.495. The van der Waals surface area contributed by atoms with Crippen LogP contribution in [0.1, 0.15) is 30.0 Å². The minimum Gasteiger partial charge on any atom is -0.339 e. The highest BCUT2D eigenvalue weighted by molar-refractivity contribution is 9.10. The predicted octanol–water partition coefficient (Wildman–Crippen LogP) is 6.66. The third kappa shape index (κ3) is 4.15. The van der Waals surface area contributed by atoms with Gasteiger partial charge in [-0.15, -0.1) is 0 Å². The fourth-order valence-corrected chi connectivity index (χ4v) is 3.65. The largest absolute Gasteiger partial charge is 0.339 e. The van der Waals surface area contributed by atoms with Gasteiger partial charge in [-0.25, -0.2) is 4.99 Å². The second kappa shape index (κ2) is 8.41. The average Bonchev–Trinajstić information content (AvgIpc) is 2.73. The Morgan fingerprint density at radius 3 is 2.11 bits per heavy atom. The second-order valence-corrected chi connectivity index (χ2v) is 7.69. The molecule has 0 atom stereocenters. The lowest BCUT2D eigenvalue weighted by Gasteiger charge is -2.19. The van der Waals surface area contributed by atoms with E-state index in [4.69, 9.17) is 4.99 Å². The van der Waals surface area contributed by atoms with E-state index in [0.29, 0.717) is 0 Å². The number of hydrogen-bond acceptors (Lipinski definition) is 2. The highest BCUT2D eigenvalue weighted by Crippen LogP contribution is 2.27. The average molecular weight is 429 g/mol. The van der Waals surface area contributed by atoms with Gasteiger partial charge in [0.2, 0.25) is 0 Å². The summed E-state index contributed by atoms with van der Waals surface area (Å²) < 4.78 is 1.03. The molecule has 0 spiro atoms. The minimum atomic E-state index is 0.842. The summed E-state index contributed by atoms with van der Waals surface area (Å²) in [6, 6.07) is 29.0. The maximum absolute atomic E-state index is 5.10. The number of aliphatic imine (C=N–C) groups is 1. The van der Waals surface area contributed by atoms with Crippen LogP contribution in [0.5, 0.6) is 0 Å². The van der Waals surface area contributed by atoms with E-state index < -0.39 is 0 Å². The van der Waals surface area contributed by atoms with Crippen LogP contribution in [0.3, 0.4) is 0 Å². The number of amidine groups is 1. The summed E-state index contributed by atoms with van der Waals surface area (Å²) in [5.74, 6) is 0.842. The van der Waals surface area contributed by atoms with E-state index in [-0.39, 0.29) is 0 Å². The van der Waals surface area contributed by atoms with Gasteiger partial charge in [0.15, 0.2) is 0 Å². The summed E-state index contributed by atoms with van der Waals surface area (Å²) in [7, 11) is 0. The number of hydrogen-bond donors (Lipinski definition) is 1. The summed E-state index contributed by atoms with van der Waals surface area (Å²) in [5, 5.41) is 3.59. The maximum atomic E-state index is 5.10. The normalized spacial score (nSPS) is 16.4. The van der Waals surface area contributed by atoms with E-state index in [1.807, 2.05) is 24.3 Å². The van der Waals surface area contributed by atoms with Crippen LogP contribution in [-0.4, -0.2) is 5.84 Å². The fourth-order valence-electron chi connectivity index (χ4n) is 3.25. The van der Waals surface area contributed by atoms with E-state index in [1.54, 1.807) is 0 Å². The number of allylic oxidation sites excluding steroid dienone is 2. The van der Waals surface area contributed by atoms with Gasteiger partial charge < -0.3 is 5.32 Å². The molecule has 1 N–H and O–H groups in total. The van der Waals surface area contributed by atoms with Gasteiger partial charge in [0, 0.05) is 21.3 Å². The Morgan fingerprint density at radius 2 is 1.43 bits per heavy atom. The molecule has 1 heterocycles. The van der Waals surface area contributed by atoms with Gasteiger partial charge in [0.05, 0.1) is 5.70 Å². The molecule has 28 heavy (non-hydrogen) atoms. The highest BCUT2D eigenvalue weighted by Gasteiger charge is 2.14. The molecule has 0 unspecified atom stereocenters. The Balaban J connectivity index is 1.86. The van der Waals surface area contributed by atoms with Gasteiger partial charge in [-0.1, -0.05) is 94.8 Å². The summed E-state index contributed by atoms with van der Waals surface area (Å²) >= 11 is 3.59. The molecule has 0 aliphatic carbocycles. The molecule has 4 rings (SSSR count). The summed E-state index contributed by atoms with van der Waals surface area (Å²) in [5.41, 5.74) is 6.66. The van der Waals surface area contributed by atoms with E-state index in [1.165, 1.54) is 5.57 Å². The van der Waals surface area contributed by atoms with E-state index in [9.17, 15) is 0 Å². The molecule has 0 bridgehead atoms. The molecule has 0 saturated carbocycles. The van der Waals surface area contributed by atoms with E-state index in [2.05, 4.69) is 94.9 Å². The molecule has 0 saturated heterocycles. The lowest BCUT2D eigenvalue weighted by Crippen LogP contribution is -2.24. The van der Waals surface area contributed by atoms with Crippen LogP contribution in [0.4, 0.5) is 0 Å². The monoisotopic (exact) mass is 428 g/mol. The van der Waals surface area contributed by atoms with Crippen LogP contribution < -0.4 is 5.32 Å². The molecule has 2 nitrogen and oxygen atoms in total. The first-order valence-corrected chi connectivity index (χ1v) is 10.1. The van der Waals surface area contributed by atoms with Crippen molar-refractivity contribution in [1.82, 2.24) is 5.32 Å². The first kappa shape index (κ1) is 18.5. The zero-order valence-electron chi connectivity index (χ0n) is 15.7. The van der Waals surface area contributed by atoms with Crippen molar-refractivity contribution in [2.75, 3.05) is 0 Å². The highest BCUT2D eigenvalue weighted by atomic mass is 79.9. The van der Waals surface area contributed by atoms with Crippen LogP contribution in [0, 0.1) is 0 Å². The first-order chi connectivity index (χ1) is 13.7. The lowest BCUT2D eigenvalue weighted by atomic mass is 10.0. The van der Waals surface area contributed by atoms with Crippen LogP contribution in [-0.2, 0) is 0 Å². The third-order valence-corrected chi connectivity index (χ3v) is 5.22. The van der Waals surface area contributed by atoms with Gasteiger partial charge in [0.1, 0.15) is 5.84 Å². The second-order valence-electron chi connectivity index (χ2n) is 6.78. The fraction of sp³-hybridized carbons (Fsp3) is 0.0800. The van der Waals surface area contributed by atoms with Crippen LogP contribution in [0.2, 0.25) is 0 Å². The van der Waals surface area contributed by atoms with Crippen LogP contribution >= 0.6 is 15.9 Å². The van der Waals surface area contributed by atoms with Gasteiger partial charge in [-0.3, -0.25) is 0 Å². The van der Waals surface area contributed by atoms with E-state index >= 15 is 0 Å². The molecule has 0 aromatic heterocycles. The molecule has 138 valence electrons. The van der Waals surface area contributed by atoms with Crippen LogP contribution in [0.25, 0.3) is 11.4 Å². The standard InChI is InChI=1S/C25H21BrN2/c1-18-15-16-23(19-9-4-2-5-10-19)27-25(21-13-8-14-22(26)17-21)28-24(18)20-11-6-3-7-12-20/h2-14,16-17H,15H2,1H3,(H,27,28)/b23-16+,24-18?. The number of benzene rings is 3. The third-order valence-electron chi connectivity index (χ3n) is 4.72. The number of nitrogens with zero attached hydrogens (tertiary/aromatic N) is 1. The SMILES string of the molecule is CC1=C(c2ccccc2)N=C(c2cccc(Br)c2)N/C(c2ccccc2)=C/C1. The Bertz CT molecular complexity index is 1060. The molecule has 0 fully saturated rings. The lowest BCUT2D eigenvalue weighted by molar-refractivity contribution is 1.14. The molecule has 0 radical (unpaired) electrons. The van der Waals surface area contributed by atoms with Crippen molar-refractivity contribution in [2.24, 2.45) is 4.99 Å². The molecular weight excluding hydrogens is 408 g/mol. The molecule has 1 aliphatic heterocycles. The number of nitrogens with one attached hydrogen (secondary N) is 1. The number of rotatable bonds is 3. The molecular formula is C25H21BrN2. The molecule has 3 aromatic carbocycles. The predicted molar refractivity (Wildman–Crippen MR) is 122 cm³/mol. The number of halogens is 1. The van der Waals surface area contributed by atoms with Crippen molar-refractivity contribution >= 4 is 33.2 Å². The molecule has 3 aromatic rings. The van der Waals surface area contributed by atoms with E-state index in [0.717, 1.165) is 44.8 Å². The van der Waals surface area contributed by atoms with Crippen molar-refractivity contribution in [3.8, 4) is 0 Å². The van der Waals surface area contributed by atoms with Crippen molar-refractivity contribution < 1.29 is 0 Å². The maximum Gasteiger partial charge on any atom is 0.138 e. The van der Waals surface area contributed by atoms with Crippen molar-refractivity contribution in [2.45, 2.75) is 13.3 Å². The van der Waals surface area contributed by atoms with Crippen LogP contribution in [0.15, 0.2) is 106 Å². The molecule has 0 amide bonds. The van der Waals surface area contributed by atoms with Crippen molar-refractivity contribution in [3.63, 3.8) is 0 Å². The summed E-state index contributed by atoms with van der Waals surface area (Å²) in [6.07, 6.45) is 3.09. The first-order valence-electron chi connectivity index (χ1n) is 9.33. The summed E-state index contributed by atoms with van der Waals surface area (Å²) in [4.78, 5) is 5.10. The topological polar surface area (TPSA) is 24.4 Å². The summed E-state index contributed by atoms with van der Waals surface area (Å²) in [6.45, 7) is 2.16. The van der Waals surface area contributed by atoms with Crippen molar-refractivity contribution in [1.29, 1.82) is 0 Å². The zero-order chi connectivity index (χ0) is 19.3. The Morgan fingerprint density at radius 1 is 0.786 bits per heavy atom. The minimum absolute atomic E-state index is 0.842. The zero-order valence-corrected chi connectivity index (χ0v) is 17.3. The van der Waals surface area contributed by atoms with Gasteiger partial charge >= 0.3 is 0 Å². The van der Waals surface area contributed by atoms with Gasteiger partial charge in [0.25, 0.3) is 0 Å². The Kier molecular flexibility index (Phi) is 5.54. The Labute approximate surface area is 174 Å². The Hall–Kier alpha value is -2.91. The molecule has 3 heteroatoms. The smallest absolute Gasteiger partial charge is 0.138 e. The van der Waals surface area contributed by atoms with Gasteiger partial charge in [-0.05, 0) is 36.6 Å². The van der Waals surface area contributed by atoms with Gasteiger partial charge in [-0.2, -0.15) is 0 Å². The van der Waals surface area contributed by atoms with Crippen molar-refractivity contribution in [3.05, 3.63) is 118 Å². The molecule has 1 aliphatic rings.